The number of fused-ring (bicyclic) bond motifs is 1. The van der Waals surface area contributed by atoms with E-state index in [-0.39, 0.29) is 11.3 Å². The molecule has 0 saturated carbocycles. The third-order valence-electron chi connectivity index (χ3n) is 5.40. The van der Waals surface area contributed by atoms with Gasteiger partial charge in [-0.25, -0.2) is 4.98 Å². The van der Waals surface area contributed by atoms with Gasteiger partial charge in [-0.3, -0.25) is 14.5 Å². The van der Waals surface area contributed by atoms with Gasteiger partial charge in [-0.05, 0) is 36.2 Å². The molecule has 7 nitrogen and oxygen atoms in total. The van der Waals surface area contributed by atoms with Gasteiger partial charge in [0.2, 0.25) is 5.78 Å². The molecule has 1 unspecified atom stereocenters. The lowest BCUT2D eigenvalue weighted by atomic mass is 9.95. The molecule has 1 amide bonds. The molecule has 0 bridgehead atoms. The summed E-state index contributed by atoms with van der Waals surface area (Å²) in [4.78, 5) is 32.2. The van der Waals surface area contributed by atoms with E-state index in [1.165, 1.54) is 16.2 Å². The maximum atomic E-state index is 13.5. The highest BCUT2D eigenvalue weighted by molar-refractivity contribution is 7.13. The minimum Gasteiger partial charge on any atom is -0.503 e. The number of carbonyl (C=O) groups is 2. The summed E-state index contributed by atoms with van der Waals surface area (Å²) in [6, 6.07) is 15.1. The van der Waals surface area contributed by atoms with Crippen molar-refractivity contribution in [1.82, 2.24) is 4.98 Å². The zero-order valence-electron chi connectivity index (χ0n) is 17.7. The van der Waals surface area contributed by atoms with Gasteiger partial charge in [0, 0.05) is 17.0 Å². The van der Waals surface area contributed by atoms with E-state index in [1.54, 1.807) is 48.0 Å². The predicted molar refractivity (Wildman–Crippen MR) is 125 cm³/mol. The van der Waals surface area contributed by atoms with Crippen LogP contribution in [-0.2, 0) is 4.79 Å². The molecule has 1 N–H and O–H groups in total. The van der Waals surface area contributed by atoms with Gasteiger partial charge in [-0.1, -0.05) is 37.3 Å². The Morgan fingerprint density at radius 1 is 1.21 bits per heavy atom. The summed E-state index contributed by atoms with van der Waals surface area (Å²) in [5.41, 5.74) is 1.15. The second-order valence-electron chi connectivity index (χ2n) is 7.55. The van der Waals surface area contributed by atoms with Crippen molar-refractivity contribution < 1.29 is 23.8 Å². The SMILES string of the molecule is CCCOc1ccc(C2C(C(=O)c3cc4ccccc4o3)=C(O)C(=O)N2c2nccs2)cc1. The quantitative estimate of drug-likeness (QED) is 0.368. The number of rotatable bonds is 7. The topological polar surface area (TPSA) is 92.9 Å². The highest BCUT2D eigenvalue weighted by Crippen LogP contribution is 2.43. The van der Waals surface area contributed by atoms with E-state index in [0.29, 0.717) is 28.6 Å². The van der Waals surface area contributed by atoms with Gasteiger partial charge in [0.1, 0.15) is 11.3 Å². The lowest BCUT2D eigenvalue weighted by Gasteiger charge is -2.24. The molecule has 3 heterocycles. The fourth-order valence-corrected chi connectivity index (χ4v) is 4.54. The zero-order chi connectivity index (χ0) is 22.9. The summed E-state index contributed by atoms with van der Waals surface area (Å²) in [6.45, 7) is 2.61. The van der Waals surface area contributed by atoms with Gasteiger partial charge in [0.15, 0.2) is 16.7 Å². The number of Topliss-reactive ketones (excluding diaryl/α,β-unsaturated/α-hetero) is 1. The molecule has 1 atom stereocenters. The van der Waals surface area contributed by atoms with E-state index >= 15 is 0 Å². The average molecular weight is 461 g/mol. The molecule has 0 aliphatic carbocycles. The van der Waals surface area contributed by atoms with E-state index < -0.39 is 23.5 Å². The number of amides is 1. The van der Waals surface area contributed by atoms with Crippen LogP contribution in [0, 0.1) is 0 Å². The largest absolute Gasteiger partial charge is 0.503 e. The highest BCUT2D eigenvalue weighted by atomic mass is 32.1. The monoisotopic (exact) mass is 460 g/mol. The number of ether oxygens (including phenoxy) is 1. The molecule has 0 saturated heterocycles. The second kappa shape index (κ2) is 8.55. The Morgan fingerprint density at radius 2 is 2.00 bits per heavy atom. The molecule has 1 aliphatic rings. The number of aromatic nitrogens is 1. The lowest BCUT2D eigenvalue weighted by molar-refractivity contribution is -0.117. The summed E-state index contributed by atoms with van der Waals surface area (Å²) < 4.78 is 11.4. The number of anilines is 1. The number of furan rings is 1. The Labute approximate surface area is 193 Å². The van der Waals surface area contributed by atoms with Crippen LogP contribution in [0.2, 0.25) is 0 Å². The molecule has 2 aromatic carbocycles. The van der Waals surface area contributed by atoms with Crippen LogP contribution >= 0.6 is 11.3 Å². The van der Waals surface area contributed by atoms with Crippen LogP contribution in [0.3, 0.4) is 0 Å². The maximum absolute atomic E-state index is 13.5. The van der Waals surface area contributed by atoms with Crippen molar-refractivity contribution in [2.45, 2.75) is 19.4 Å². The van der Waals surface area contributed by atoms with Crippen LogP contribution < -0.4 is 9.64 Å². The molecule has 0 fully saturated rings. The number of para-hydroxylation sites is 1. The first kappa shape index (κ1) is 21.0. The van der Waals surface area contributed by atoms with Crippen molar-refractivity contribution >= 4 is 39.1 Å². The molecule has 1 aliphatic heterocycles. The standard InChI is InChI=1S/C25H20N2O5S/c1-2-12-31-17-9-7-15(8-10-17)21-20(23(29)24(30)27(21)25-26-11-13-33-25)22(28)19-14-16-5-3-4-6-18(16)32-19/h3-11,13-14,21,29H,2,12H2,1H3. The molecule has 4 aromatic rings. The number of hydrogen-bond donors (Lipinski definition) is 1. The number of aliphatic hydroxyl groups is 1. The minimum absolute atomic E-state index is 0.0449. The number of carbonyl (C=O) groups excluding carboxylic acids is 2. The fourth-order valence-electron chi connectivity index (χ4n) is 3.88. The molecular weight excluding hydrogens is 440 g/mol. The number of thiazole rings is 1. The van der Waals surface area contributed by atoms with E-state index in [9.17, 15) is 14.7 Å². The summed E-state index contributed by atoms with van der Waals surface area (Å²) >= 11 is 1.25. The van der Waals surface area contributed by atoms with Gasteiger partial charge < -0.3 is 14.3 Å². The fraction of sp³-hybridized carbons (Fsp3) is 0.160. The highest BCUT2D eigenvalue weighted by Gasteiger charge is 2.46. The first-order chi connectivity index (χ1) is 16.1. The number of nitrogens with zero attached hydrogens (tertiary/aromatic N) is 2. The first-order valence-electron chi connectivity index (χ1n) is 10.5. The Morgan fingerprint density at radius 3 is 2.70 bits per heavy atom. The van der Waals surface area contributed by atoms with Gasteiger partial charge >= 0.3 is 0 Å². The van der Waals surface area contributed by atoms with Crippen LogP contribution in [0.15, 0.2) is 81.9 Å². The van der Waals surface area contributed by atoms with Crippen molar-refractivity contribution in [2.24, 2.45) is 0 Å². The molecular formula is C25H20N2O5S. The average Bonchev–Trinajstić information content (AvgIpc) is 3.56. The number of hydrogen-bond acceptors (Lipinski definition) is 7. The van der Waals surface area contributed by atoms with Gasteiger partial charge in [0.25, 0.3) is 5.91 Å². The number of aliphatic hydroxyl groups excluding tert-OH is 1. The Kier molecular flexibility index (Phi) is 5.43. The molecule has 2 aromatic heterocycles. The van der Waals surface area contributed by atoms with Crippen LogP contribution in [0.5, 0.6) is 5.75 Å². The third-order valence-corrected chi connectivity index (χ3v) is 6.17. The summed E-state index contributed by atoms with van der Waals surface area (Å²) in [6.07, 6.45) is 2.45. The number of benzene rings is 2. The Hall–Kier alpha value is -3.91. The Balaban J connectivity index is 1.59. The van der Waals surface area contributed by atoms with Crippen molar-refractivity contribution in [3.63, 3.8) is 0 Å². The summed E-state index contributed by atoms with van der Waals surface area (Å²) in [7, 11) is 0. The van der Waals surface area contributed by atoms with Gasteiger partial charge in [-0.15, -0.1) is 11.3 Å². The molecule has 5 rings (SSSR count). The molecule has 0 radical (unpaired) electrons. The van der Waals surface area contributed by atoms with Crippen LogP contribution in [-0.4, -0.2) is 28.4 Å². The molecule has 166 valence electrons. The van der Waals surface area contributed by atoms with Gasteiger partial charge in [-0.2, -0.15) is 0 Å². The summed E-state index contributed by atoms with van der Waals surface area (Å²) in [5.74, 6) is -1.09. The van der Waals surface area contributed by atoms with E-state index in [4.69, 9.17) is 9.15 Å². The van der Waals surface area contributed by atoms with Crippen molar-refractivity contribution in [3.05, 3.63) is 88.8 Å². The smallest absolute Gasteiger partial charge is 0.296 e. The summed E-state index contributed by atoms with van der Waals surface area (Å²) in [5, 5.41) is 13.7. The van der Waals surface area contributed by atoms with E-state index in [0.717, 1.165) is 11.8 Å². The van der Waals surface area contributed by atoms with Crippen molar-refractivity contribution in [1.29, 1.82) is 0 Å². The third kappa shape index (κ3) is 3.68. The van der Waals surface area contributed by atoms with Crippen LogP contribution in [0.4, 0.5) is 5.13 Å². The lowest BCUT2D eigenvalue weighted by Crippen LogP contribution is -2.30. The van der Waals surface area contributed by atoms with Gasteiger partial charge in [0.05, 0.1) is 18.2 Å². The maximum Gasteiger partial charge on any atom is 0.296 e. The predicted octanol–water partition coefficient (Wildman–Crippen LogP) is 5.46. The minimum atomic E-state index is -0.857. The van der Waals surface area contributed by atoms with E-state index in [1.807, 2.05) is 25.1 Å². The van der Waals surface area contributed by atoms with Crippen molar-refractivity contribution in [2.75, 3.05) is 11.5 Å². The molecule has 0 spiro atoms. The first-order valence-corrected chi connectivity index (χ1v) is 11.4. The second-order valence-corrected chi connectivity index (χ2v) is 8.42. The van der Waals surface area contributed by atoms with E-state index in [2.05, 4.69) is 4.98 Å². The normalized spacial score (nSPS) is 16.1. The zero-order valence-corrected chi connectivity index (χ0v) is 18.5. The Bertz CT molecular complexity index is 1320. The van der Waals surface area contributed by atoms with Crippen LogP contribution in [0.1, 0.15) is 35.5 Å². The number of ketones is 1. The molecule has 8 heteroatoms. The van der Waals surface area contributed by atoms with Crippen LogP contribution in [0.25, 0.3) is 11.0 Å². The van der Waals surface area contributed by atoms with Crippen molar-refractivity contribution in [3.8, 4) is 5.75 Å². The molecule has 33 heavy (non-hydrogen) atoms.